The summed E-state index contributed by atoms with van der Waals surface area (Å²) in [5, 5.41) is 18.2. The minimum atomic E-state index is -0.538. The van der Waals surface area contributed by atoms with Crippen molar-refractivity contribution < 1.29 is 9.72 Å². The highest BCUT2D eigenvalue weighted by Gasteiger charge is 2.29. The lowest BCUT2D eigenvalue weighted by Crippen LogP contribution is -2.43. The van der Waals surface area contributed by atoms with Crippen LogP contribution in [0.3, 0.4) is 0 Å². The molecule has 1 aromatic heterocycles. The Bertz CT molecular complexity index is 605. The van der Waals surface area contributed by atoms with E-state index in [0.29, 0.717) is 5.69 Å². The van der Waals surface area contributed by atoms with Crippen LogP contribution in [0.2, 0.25) is 0 Å². The molecule has 0 saturated heterocycles. The van der Waals surface area contributed by atoms with E-state index in [0.717, 1.165) is 32.5 Å². The van der Waals surface area contributed by atoms with Gasteiger partial charge in [-0.1, -0.05) is 39.5 Å². The third-order valence-corrected chi connectivity index (χ3v) is 4.77. The lowest BCUT2D eigenvalue weighted by atomic mass is 10.2. The van der Waals surface area contributed by atoms with Gasteiger partial charge in [0.15, 0.2) is 0 Å². The van der Waals surface area contributed by atoms with Crippen LogP contribution in [0.4, 0.5) is 5.69 Å². The van der Waals surface area contributed by atoms with Gasteiger partial charge in [0.2, 0.25) is 5.69 Å². The third-order valence-electron chi connectivity index (χ3n) is 4.77. The van der Waals surface area contributed by atoms with Crippen LogP contribution < -0.4 is 5.32 Å². The van der Waals surface area contributed by atoms with Crippen molar-refractivity contribution in [1.82, 2.24) is 20.0 Å². The molecule has 1 N–H and O–H groups in total. The molecular formula is C19H35N5O3. The van der Waals surface area contributed by atoms with E-state index in [1.165, 1.54) is 30.4 Å². The number of nitro groups is 1. The zero-order valence-corrected chi connectivity index (χ0v) is 17.5. The van der Waals surface area contributed by atoms with Crippen LogP contribution in [0.5, 0.6) is 0 Å². The number of carbonyl (C=O) groups excluding carboxylic acids is 1. The predicted octanol–water partition coefficient (Wildman–Crippen LogP) is 3.44. The monoisotopic (exact) mass is 381 g/mol. The lowest BCUT2D eigenvalue weighted by molar-refractivity contribution is -0.385. The number of rotatable bonds is 13. The van der Waals surface area contributed by atoms with E-state index in [2.05, 4.69) is 29.2 Å². The second-order valence-electron chi connectivity index (χ2n) is 7.25. The van der Waals surface area contributed by atoms with Gasteiger partial charge in [-0.15, -0.1) is 0 Å². The normalized spacial score (nSPS) is 12.4. The number of hydrogen-bond donors (Lipinski definition) is 1. The van der Waals surface area contributed by atoms with E-state index in [-0.39, 0.29) is 17.4 Å². The second kappa shape index (κ2) is 11.7. The fourth-order valence-corrected chi connectivity index (χ4v) is 3.16. The van der Waals surface area contributed by atoms with Crippen molar-refractivity contribution in [2.75, 3.05) is 19.6 Å². The van der Waals surface area contributed by atoms with Crippen LogP contribution in [-0.2, 0) is 7.05 Å². The van der Waals surface area contributed by atoms with E-state index < -0.39 is 10.8 Å². The van der Waals surface area contributed by atoms with Crippen molar-refractivity contribution in [3.8, 4) is 0 Å². The summed E-state index contributed by atoms with van der Waals surface area (Å²) in [4.78, 5) is 25.7. The topological polar surface area (TPSA) is 93.3 Å². The molecular weight excluding hydrogens is 346 g/mol. The molecule has 1 amide bonds. The molecule has 8 nitrogen and oxygen atoms in total. The maximum atomic E-state index is 12.5. The Morgan fingerprint density at radius 1 is 1.22 bits per heavy atom. The molecule has 0 spiro atoms. The summed E-state index contributed by atoms with van der Waals surface area (Å²) < 4.78 is 1.37. The molecule has 1 unspecified atom stereocenters. The number of amides is 1. The zero-order valence-electron chi connectivity index (χ0n) is 17.5. The summed E-state index contributed by atoms with van der Waals surface area (Å²) in [5.74, 6) is -0.486. The Morgan fingerprint density at radius 2 is 1.78 bits per heavy atom. The molecule has 1 rings (SSSR count). The molecule has 0 fully saturated rings. The average Bonchev–Trinajstić information content (AvgIpc) is 2.90. The first kappa shape index (κ1) is 23.1. The molecule has 0 aromatic carbocycles. The maximum absolute atomic E-state index is 12.5. The first-order chi connectivity index (χ1) is 12.8. The summed E-state index contributed by atoms with van der Waals surface area (Å²) >= 11 is 0. The van der Waals surface area contributed by atoms with Crippen molar-refractivity contribution in [3.63, 3.8) is 0 Å². The van der Waals surface area contributed by atoms with Crippen LogP contribution in [0.25, 0.3) is 0 Å². The first-order valence-electron chi connectivity index (χ1n) is 10.0. The Kier molecular flexibility index (Phi) is 9.99. The van der Waals surface area contributed by atoms with E-state index in [9.17, 15) is 14.9 Å². The predicted molar refractivity (Wildman–Crippen MR) is 107 cm³/mol. The van der Waals surface area contributed by atoms with Gasteiger partial charge in [-0.25, -0.2) is 0 Å². The summed E-state index contributed by atoms with van der Waals surface area (Å²) in [7, 11) is 1.60. The number of unbranched alkanes of at least 4 members (excludes halogenated alkanes) is 4. The summed E-state index contributed by atoms with van der Waals surface area (Å²) in [5.41, 5.74) is 0.0406. The minimum absolute atomic E-state index is 0.109. The number of aryl methyl sites for hydroxylation is 1. The fourth-order valence-electron chi connectivity index (χ4n) is 3.16. The largest absolute Gasteiger partial charge is 0.347 e. The minimum Gasteiger partial charge on any atom is -0.347 e. The van der Waals surface area contributed by atoms with Gasteiger partial charge in [0.05, 0.1) is 4.92 Å². The molecule has 0 saturated carbocycles. The van der Waals surface area contributed by atoms with Crippen molar-refractivity contribution in [1.29, 1.82) is 0 Å². The third kappa shape index (κ3) is 7.28. The molecule has 0 bridgehead atoms. The van der Waals surface area contributed by atoms with Gasteiger partial charge in [-0.3, -0.25) is 19.6 Å². The lowest BCUT2D eigenvalue weighted by Gasteiger charge is -2.26. The molecule has 0 radical (unpaired) electrons. The maximum Gasteiger partial charge on any atom is 0.322 e. The van der Waals surface area contributed by atoms with E-state index >= 15 is 0 Å². The van der Waals surface area contributed by atoms with Crippen molar-refractivity contribution >= 4 is 11.6 Å². The highest BCUT2D eigenvalue weighted by Crippen LogP contribution is 2.22. The van der Waals surface area contributed by atoms with Gasteiger partial charge < -0.3 is 10.2 Å². The first-order valence-corrected chi connectivity index (χ1v) is 10.0. The molecule has 0 aliphatic rings. The van der Waals surface area contributed by atoms with E-state index in [1.54, 1.807) is 14.0 Å². The number of aromatic nitrogens is 2. The van der Waals surface area contributed by atoms with Crippen molar-refractivity contribution in [3.05, 3.63) is 21.5 Å². The van der Waals surface area contributed by atoms with Crippen LogP contribution in [0.15, 0.2) is 0 Å². The molecule has 0 aliphatic carbocycles. The number of nitrogens with one attached hydrogen (secondary N) is 1. The van der Waals surface area contributed by atoms with Gasteiger partial charge >= 0.3 is 5.69 Å². The quantitative estimate of drug-likeness (QED) is 0.321. The Hall–Kier alpha value is -1.96. The molecule has 1 atom stereocenters. The smallest absolute Gasteiger partial charge is 0.322 e. The van der Waals surface area contributed by atoms with Gasteiger partial charge in [-0.2, -0.15) is 5.10 Å². The summed E-state index contributed by atoms with van der Waals surface area (Å²) in [6.07, 6.45) is 7.05. The van der Waals surface area contributed by atoms with Crippen molar-refractivity contribution in [2.45, 2.75) is 72.3 Å². The SMILES string of the molecule is CCCCCN(CCCCC)CC(C)NC(=O)c1nn(C)c(C)c1[N+](=O)[O-]. The standard InChI is InChI=1S/C19H35N5O3/c1-6-8-10-12-23(13-11-9-7-2)14-15(3)20-19(25)17-18(24(26)27)16(4)22(5)21-17/h15H,6-14H2,1-5H3,(H,20,25). The molecule has 0 aliphatic heterocycles. The number of nitrogens with zero attached hydrogens (tertiary/aromatic N) is 4. The Morgan fingerprint density at radius 3 is 2.26 bits per heavy atom. The molecule has 27 heavy (non-hydrogen) atoms. The molecule has 154 valence electrons. The summed E-state index contributed by atoms with van der Waals surface area (Å²) in [6, 6.07) is -0.109. The second-order valence-corrected chi connectivity index (χ2v) is 7.25. The Labute approximate surface area is 162 Å². The van der Waals surface area contributed by atoms with Crippen LogP contribution in [0.1, 0.15) is 75.5 Å². The van der Waals surface area contributed by atoms with E-state index in [4.69, 9.17) is 0 Å². The highest BCUT2D eigenvalue weighted by atomic mass is 16.6. The highest BCUT2D eigenvalue weighted by molar-refractivity contribution is 5.96. The van der Waals surface area contributed by atoms with Crippen LogP contribution in [0, 0.1) is 17.0 Å². The van der Waals surface area contributed by atoms with Gasteiger partial charge in [0.25, 0.3) is 5.91 Å². The van der Waals surface area contributed by atoms with Gasteiger partial charge in [0, 0.05) is 19.6 Å². The van der Waals surface area contributed by atoms with E-state index in [1.807, 2.05) is 6.92 Å². The van der Waals surface area contributed by atoms with Crippen LogP contribution in [-0.4, -0.2) is 51.2 Å². The van der Waals surface area contributed by atoms with Crippen molar-refractivity contribution in [2.24, 2.45) is 7.05 Å². The molecule has 8 heteroatoms. The molecule has 1 heterocycles. The number of carbonyl (C=O) groups is 1. The Balaban J connectivity index is 2.71. The summed E-state index contributed by atoms with van der Waals surface area (Å²) in [6.45, 7) is 10.7. The van der Waals surface area contributed by atoms with Gasteiger partial charge in [0.1, 0.15) is 5.69 Å². The molecule has 1 aromatic rings. The van der Waals surface area contributed by atoms with Gasteiger partial charge in [-0.05, 0) is 39.8 Å². The fraction of sp³-hybridized carbons (Fsp3) is 0.789. The zero-order chi connectivity index (χ0) is 20.4. The number of hydrogen-bond acceptors (Lipinski definition) is 5. The van der Waals surface area contributed by atoms with Crippen LogP contribution >= 0.6 is 0 Å². The average molecular weight is 382 g/mol.